The molecule has 49 heavy (non-hydrogen) atoms. The summed E-state index contributed by atoms with van der Waals surface area (Å²) in [5.74, 6) is 0. The van der Waals surface area contributed by atoms with Crippen LogP contribution < -0.4 is 0 Å². The molecule has 0 amide bonds. The zero-order chi connectivity index (χ0) is 32.7. The second-order valence-corrected chi connectivity index (χ2v) is 12.3. The maximum atomic E-state index is 9.48. The van der Waals surface area contributed by atoms with Gasteiger partial charge < -0.3 is 4.57 Å². The molecule has 228 valence electrons. The fraction of sp³-hybridized carbons (Fsp3) is 0. The van der Waals surface area contributed by atoms with Crippen LogP contribution in [0.5, 0.6) is 0 Å². The van der Waals surface area contributed by atoms with Gasteiger partial charge in [-0.05, 0) is 87.6 Å². The molecule has 9 rings (SSSR count). The van der Waals surface area contributed by atoms with Crippen LogP contribution in [0.1, 0.15) is 5.56 Å². The van der Waals surface area contributed by atoms with E-state index >= 15 is 0 Å². The van der Waals surface area contributed by atoms with Crippen LogP contribution in [-0.2, 0) is 0 Å². The number of aromatic nitrogens is 2. The molecule has 2 heterocycles. The number of nitrogens with zero attached hydrogens (tertiary/aromatic N) is 3. The number of rotatable bonds is 5. The van der Waals surface area contributed by atoms with Crippen molar-refractivity contribution in [1.29, 1.82) is 5.26 Å². The van der Waals surface area contributed by atoms with Gasteiger partial charge in [-0.2, -0.15) is 5.26 Å². The third-order valence-electron chi connectivity index (χ3n) is 9.41. The SMILES string of the molecule is N#Cc1ccc(-c2cc(-c3cccc(-c4ccccc4)n3)cc(-n3c4ccccc4c4ccc(-c5cccc6ccccc56)cc43)c2)cc1. The third-order valence-corrected chi connectivity index (χ3v) is 9.41. The molecule has 7 aromatic carbocycles. The van der Waals surface area contributed by atoms with Crippen molar-refractivity contribution in [2.24, 2.45) is 0 Å². The van der Waals surface area contributed by atoms with Crippen LogP contribution in [0.15, 0.2) is 176 Å². The summed E-state index contributed by atoms with van der Waals surface area (Å²) in [4.78, 5) is 5.15. The monoisotopic (exact) mass is 623 g/mol. The minimum atomic E-state index is 0.640. The van der Waals surface area contributed by atoms with E-state index in [0.29, 0.717) is 5.56 Å². The first-order chi connectivity index (χ1) is 24.2. The predicted molar refractivity (Wildman–Crippen MR) is 203 cm³/mol. The zero-order valence-electron chi connectivity index (χ0n) is 26.6. The van der Waals surface area contributed by atoms with Crippen molar-refractivity contribution < 1.29 is 0 Å². The Labute approximate surface area is 284 Å². The first-order valence-electron chi connectivity index (χ1n) is 16.4. The molecule has 3 nitrogen and oxygen atoms in total. The van der Waals surface area contributed by atoms with Crippen molar-refractivity contribution in [2.45, 2.75) is 0 Å². The third kappa shape index (κ3) is 5.04. The van der Waals surface area contributed by atoms with Gasteiger partial charge in [0.15, 0.2) is 0 Å². The Kier molecular flexibility index (Phi) is 6.85. The van der Waals surface area contributed by atoms with Crippen molar-refractivity contribution in [1.82, 2.24) is 9.55 Å². The first kappa shape index (κ1) is 28.5. The summed E-state index contributed by atoms with van der Waals surface area (Å²) in [5.41, 5.74) is 12.4. The second kappa shape index (κ2) is 11.8. The molecule has 2 aromatic heterocycles. The highest BCUT2D eigenvalue weighted by Crippen LogP contribution is 2.39. The molecule has 0 fully saturated rings. The fourth-order valence-electron chi connectivity index (χ4n) is 7.05. The molecule has 0 aliphatic carbocycles. The summed E-state index contributed by atoms with van der Waals surface area (Å²) in [6.07, 6.45) is 0. The van der Waals surface area contributed by atoms with Crippen LogP contribution in [0.2, 0.25) is 0 Å². The van der Waals surface area contributed by atoms with Crippen molar-refractivity contribution in [3.05, 3.63) is 181 Å². The maximum Gasteiger partial charge on any atom is 0.0991 e. The number of hydrogen-bond acceptors (Lipinski definition) is 2. The number of nitriles is 1. The molecule has 9 aromatic rings. The summed E-state index contributed by atoms with van der Waals surface area (Å²) >= 11 is 0. The number of hydrogen-bond donors (Lipinski definition) is 0. The lowest BCUT2D eigenvalue weighted by Crippen LogP contribution is -1.97. The molecule has 0 radical (unpaired) electrons. The Morgan fingerprint density at radius 1 is 0.429 bits per heavy atom. The Bertz CT molecular complexity index is 2710. The molecule has 0 saturated carbocycles. The van der Waals surface area contributed by atoms with Crippen LogP contribution >= 0.6 is 0 Å². The molecule has 0 aliphatic heterocycles. The van der Waals surface area contributed by atoms with Gasteiger partial charge in [-0.15, -0.1) is 0 Å². The van der Waals surface area contributed by atoms with Gasteiger partial charge in [0, 0.05) is 27.6 Å². The zero-order valence-corrected chi connectivity index (χ0v) is 26.6. The van der Waals surface area contributed by atoms with Gasteiger partial charge in [0.25, 0.3) is 0 Å². The van der Waals surface area contributed by atoms with Crippen LogP contribution in [0.25, 0.3) is 83.0 Å². The van der Waals surface area contributed by atoms with Crippen molar-refractivity contribution in [2.75, 3.05) is 0 Å². The molecule has 0 unspecified atom stereocenters. The summed E-state index contributed by atoms with van der Waals surface area (Å²) in [6.45, 7) is 0. The molecule has 3 heteroatoms. The maximum absolute atomic E-state index is 9.48. The van der Waals surface area contributed by atoms with Gasteiger partial charge in [-0.3, -0.25) is 0 Å². The van der Waals surface area contributed by atoms with Crippen molar-refractivity contribution in [3.8, 4) is 56.5 Å². The van der Waals surface area contributed by atoms with E-state index < -0.39 is 0 Å². The van der Waals surface area contributed by atoms with Gasteiger partial charge in [0.05, 0.1) is 34.1 Å². The van der Waals surface area contributed by atoms with Crippen LogP contribution in [0.3, 0.4) is 0 Å². The Morgan fingerprint density at radius 2 is 1.08 bits per heavy atom. The van der Waals surface area contributed by atoms with Crippen LogP contribution in [0, 0.1) is 11.3 Å². The lowest BCUT2D eigenvalue weighted by Gasteiger charge is -2.15. The van der Waals surface area contributed by atoms with Gasteiger partial charge in [-0.25, -0.2) is 4.98 Å². The largest absolute Gasteiger partial charge is 0.309 e. The van der Waals surface area contributed by atoms with E-state index in [9.17, 15) is 5.26 Å². The fourth-order valence-corrected chi connectivity index (χ4v) is 7.05. The molecular formula is C46H29N3. The summed E-state index contributed by atoms with van der Waals surface area (Å²) in [6, 6.07) is 63.9. The molecule has 0 spiro atoms. The predicted octanol–water partition coefficient (Wildman–Crippen LogP) is 11.9. The molecule has 0 atom stereocenters. The number of para-hydroxylation sites is 1. The average molecular weight is 624 g/mol. The highest BCUT2D eigenvalue weighted by atomic mass is 15.0. The van der Waals surface area contributed by atoms with Gasteiger partial charge in [-0.1, -0.05) is 121 Å². The molecular weight excluding hydrogens is 595 g/mol. The minimum absolute atomic E-state index is 0.640. The lowest BCUT2D eigenvalue weighted by molar-refractivity contribution is 1.18. The molecule has 0 aliphatic rings. The highest BCUT2D eigenvalue weighted by Gasteiger charge is 2.17. The van der Waals surface area contributed by atoms with E-state index in [-0.39, 0.29) is 0 Å². The number of fused-ring (bicyclic) bond motifs is 4. The normalized spacial score (nSPS) is 11.2. The quantitative estimate of drug-likeness (QED) is 0.191. The summed E-state index contributed by atoms with van der Waals surface area (Å²) in [7, 11) is 0. The summed E-state index contributed by atoms with van der Waals surface area (Å²) in [5, 5.41) is 14.4. The number of pyridine rings is 1. The topological polar surface area (TPSA) is 41.6 Å². The average Bonchev–Trinajstić information content (AvgIpc) is 3.51. The molecule has 0 bridgehead atoms. The van der Waals surface area contributed by atoms with Crippen molar-refractivity contribution in [3.63, 3.8) is 0 Å². The lowest BCUT2D eigenvalue weighted by atomic mass is 9.97. The number of benzene rings is 7. The van der Waals surface area contributed by atoms with E-state index in [1.54, 1.807) is 0 Å². The first-order valence-corrected chi connectivity index (χ1v) is 16.4. The van der Waals surface area contributed by atoms with Gasteiger partial charge >= 0.3 is 0 Å². The van der Waals surface area contributed by atoms with Crippen LogP contribution in [-0.4, -0.2) is 9.55 Å². The van der Waals surface area contributed by atoms with E-state index in [1.165, 1.54) is 32.7 Å². The van der Waals surface area contributed by atoms with Gasteiger partial charge in [0.2, 0.25) is 0 Å². The standard InChI is InChI=1S/C46H29N3/c47-30-31-20-22-32(23-21-31)36-26-37(44-18-9-17-43(48-44)34-11-2-1-3-12-34)28-38(27-36)49-45-19-7-6-15-41(45)42-25-24-35(29-46(42)49)40-16-8-13-33-10-4-5-14-39(33)40/h1-29H. The summed E-state index contributed by atoms with van der Waals surface area (Å²) < 4.78 is 2.39. The van der Waals surface area contributed by atoms with Gasteiger partial charge in [0.1, 0.15) is 0 Å². The molecule has 0 saturated heterocycles. The Morgan fingerprint density at radius 3 is 1.92 bits per heavy atom. The smallest absolute Gasteiger partial charge is 0.0991 e. The van der Waals surface area contributed by atoms with Crippen molar-refractivity contribution >= 4 is 32.6 Å². The Balaban J connectivity index is 1.30. The Hall–Kier alpha value is -6.76. The molecule has 0 N–H and O–H groups in total. The van der Waals surface area contributed by atoms with Crippen LogP contribution in [0.4, 0.5) is 0 Å². The van der Waals surface area contributed by atoms with E-state index in [2.05, 4.69) is 144 Å². The van der Waals surface area contributed by atoms with E-state index in [0.717, 1.165) is 50.4 Å². The minimum Gasteiger partial charge on any atom is -0.309 e. The second-order valence-electron chi connectivity index (χ2n) is 12.3. The van der Waals surface area contributed by atoms with E-state index in [4.69, 9.17) is 4.98 Å². The van der Waals surface area contributed by atoms with E-state index in [1.807, 2.05) is 42.5 Å². The highest BCUT2D eigenvalue weighted by molar-refractivity contribution is 6.11.